The Morgan fingerprint density at radius 1 is 1.05 bits per heavy atom. The van der Waals surface area contributed by atoms with Crippen LogP contribution in [0.3, 0.4) is 0 Å². The van der Waals surface area contributed by atoms with Gasteiger partial charge in [0.05, 0.1) is 24.4 Å². The first-order valence-corrected chi connectivity index (χ1v) is 13.3. The molecule has 0 bridgehead atoms. The van der Waals surface area contributed by atoms with Gasteiger partial charge in [-0.25, -0.2) is 19.4 Å². The Morgan fingerprint density at radius 2 is 1.78 bits per heavy atom. The van der Waals surface area contributed by atoms with Crippen molar-refractivity contribution in [1.82, 2.24) is 24.6 Å². The molecule has 0 saturated carbocycles. The Morgan fingerprint density at radius 3 is 2.49 bits per heavy atom. The number of morpholine rings is 1. The number of benzene rings is 1. The molecule has 3 aromatic rings. The van der Waals surface area contributed by atoms with Crippen LogP contribution in [0.5, 0.6) is 0 Å². The van der Waals surface area contributed by atoms with E-state index in [4.69, 9.17) is 24.5 Å². The van der Waals surface area contributed by atoms with Crippen LogP contribution in [0, 0.1) is 13.8 Å². The zero-order chi connectivity index (χ0) is 26.3. The van der Waals surface area contributed by atoms with Gasteiger partial charge in [0.1, 0.15) is 17.2 Å². The third kappa shape index (κ3) is 5.56. The second-order valence-electron chi connectivity index (χ2n) is 11.3. The highest BCUT2D eigenvalue weighted by atomic mass is 16.6. The SMILES string of the molecule is Cc1nc(N2CCO[C@@H](C)C2)cc(-n2ncc3cc(C)c(C4CCN(C(=O)OC(C)(C)C)CC4)cc32)n1. The van der Waals surface area contributed by atoms with Gasteiger partial charge < -0.3 is 19.3 Å². The van der Waals surface area contributed by atoms with Gasteiger partial charge in [0, 0.05) is 37.6 Å². The first kappa shape index (κ1) is 25.4. The maximum Gasteiger partial charge on any atom is 0.410 e. The highest BCUT2D eigenvalue weighted by Gasteiger charge is 2.28. The molecule has 2 saturated heterocycles. The molecule has 37 heavy (non-hydrogen) atoms. The second-order valence-corrected chi connectivity index (χ2v) is 11.3. The third-order valence-corrected chi connectivity index (χ3v) is 7.14. The second kappa shape index (κ2) is 9.93. The molecule has 9 heteroatoms. The summed E-state index contributed by atoms with van der Waals surface area (Å²) in [5, 5.41) is 5.81. The highest BCUT2D eigenvalue weighted by molar-refractivity contribution is 5.82. The fraction of sp³-hybridized carbons (Fsp3) is 0.571. The van der Waals surface area contributed by atoms with Gasteiger partial charge in [-0.1, -0.05) is 0 Å². The van der Waals surface area contributed by atoms with E-state index in [-0.39, 0.29) is 12.2 Å². The molecule has 1 aromatic carbocycles. The number of nitrogens with zero attached hydrogens (tertiary/aromatic N) is 6. The van der Waals surface area contributed by atoms with Gasteiger partial charge in [0.15, 0.2) is 5.82 Å². The van der Waals surface area contributed by atoms with Crippen molar-refractivity contribution in [3.8, 4) is 5.82 Å². The van der Waals surface area contributed by atoms with Crippen LogP contribution in [-0.2, 0) is 9.47 Å². The van der Waals surface area contributed by atoms with Crippen LogP contribution in [-0.4, -0.2) is 75.2 Å². The maximum atomic E-state index is 12.5. The Balaban J connectivity index is 1.40. The summed E-state index contributed by atoms with van der Waals surface area (Å²) < 4.78 is 13.2. The van der Waals surface area contributed by atoms with Crippen LogP contribution in [0.4, 0.5) is 10.6 Å². The number of hydrogen-bond donors (Lipinski definition) is 0. The fourth-order valence-corrected chi connectivity index (χ4v) is 5.36. The van der Waals surface area contributed by atoms with Gasteiger partial charge in [-0.15, -0.1) is 0 Å². The molecule has 5 rings (SSSR count). The van der Waals surface area contributed by atoms with E-state index in [0.29, 0.717) is 25.6 Å². The third-order valence-electron chi connectivity index (χ3n) is 7.14. The molecule has 1 amide bonds. The lowest BCUT2D eigenvalue weighted by molar-refractivity contribution is 0.0204. The van der Waals surface area contributed by atoms with Crippen molar-refractivity contribution in [1.29, 1.82) is 0 Å². The molecule has 2 fully saturated rings. The van der Waals surface area contributed by atoms with Crippen LogP contribution in [0.1, 0.15) is 63.4 Å². The molecule has 0 aliphatic carbocycles. The number of amides is 1. The number of fused-ring (bicyclic) bond motifs is 1. The average molecular weight is 507 g/mol. The maximum absolute atomic E-state index is 12.5. The van der Waals surface area contributed by atoms with Crippen LogP contribution >= 0.6 is 0 Å². The van der Waals surface area contributed by atoms with Crippen LogP contribution in [0.25, 0.3) is 16.7 Å². The van der Waals surface area contributed by atoms with Gasteiger partial charge in [0.25, 0.3) is 0 Å². The number of piperidine rings is 1. The number of likely N-dealkylation sites (tertiary alicyclic amines) is 1. The summed E-state index contributed by atoms with van der Waals surface area (Å²) in [5.74, 6) is 2.77. The molecule has 4 heterocycles. The molecule has 1 atom stereocenters. The lowest BCUT2D eigenvalue weighted by Crippen LogP contribution is -2.41. The van der Waals surface area contributed by atoms with Crippen molar-refractivity contribution in [2.75, 3.05) is 37.7 Å². The molecule has 0 radical (unpaired) electrons. The normalized spacial score (nSPS) is 19.5. The number of carbonyl (C=O) groups is 1. The summed E-state index contributed by atoms with van der Waals surface area (Å²) in [6.07, 6.45) is 3.67. The van der Waals surface area contributed by atoms with Gasteiger partial charge in [-0.2, -0.15) is 5.10 Å². The first-order chi connectivity index (χ1) is 17.6. The van der Waals surface area contributed by atoms with Gasteiger partial charge in [-0.05, 0) is 83.6 Å². The average Bonchev–Trinajstić information content (AvgIpc) is 3.25. The minimum atomic E-state index is -0.479. The van der Waals surface area contributed by atoms with E-state index in [1.54, 1.807) is 0 Å². The predicted octanol–water partition coefficient (Wildman–Crippen LogP) is 4.77. The van der Waals surface area contributed by atoms with Gasteiger partial charge >= 0.3 is 6.09 Å². The van der Waals surface area contributed by atoms with Crippen molar-refractivity contribution in [2.24, 2.45) is 0 Å². The van der Waals surface area contributed by atoms with Crippen LogP contribution in [0.15, 0.2) is 24.4 Å². The van der Waals surface area contributed by atoms with E-state index in [1.807, 2.05) is 49.5 Å². The summed E-state index contributed by atoms with van der Waals surface area (Å²) in [5.41, 5.74) is 3.12. The topological polar surface area (TPSA) is 85.6 Å². The Labute approximate surface area is 218 Å². The van der Waals surface area contributed by atoms with Crippen molar-refractivity contribution < 1.29 is 14.3 Å². The molecule has 198 valence electrons. The molecule has 9 nitrogen and oxygen atoms in total. The molecule has 2 aromatic heterocycles. The standard InChI is InChI=1S/C28H38N6O3/c1-18-13-22-16-29-34(26-15-25(30-20(3)31-26)33-11-12-36-19(2)17-33)24(22)14-23(18)21-7-9-32(10-8-21)27(35)37-28(4,5)6/h13-16,19,21H,7-12,17H2,1-6H3/t19-/m0/s1. The molecule has 0 spiro atoms. The first-order valence-electron chi connectivity index (χ1n) is 13.3. The van der Waals surface area contributed by atoms with Crippen molar-refractivity contribution in [3.63, 3.8) is 0 Å². The summed E-state index contributed by atoms with van der Waals surface area (Å²) in [6.45, 7) is 15.6. The lowest BCUT2D eigenvalue weighted by Gasteiger charge is -2.34. The summed E-state index contributed by atoms with van der Waals surface area (Å²) in [6, 6.07) is 6.50. The zero-order valence-corrected chi connectivity index (χ0v) is 22.8. The van der Waals surface area contributed by atoms with E-state index in [9.17, 15) is 4.79 Å². The predicted molar refractivity (Wildman–Crippen MR) is 144 cm³/mol. The van der Waals surface area contributed by atoms with E-state index >= 15 is 0 Å². The summed E-state index contributed by atoms with van der Waals surface area (Å²) >= 11 is 0. The Kier molecular flexibility index (Phi) is 6.83. The van der Waals surface area contributed by atoms with Crippen LogP contribution < -0.4 is 4.90 Å². The minimum absolute atomic E-state index is 0.172. The van der Waals surface area contributed by atoms with Crippen LogP contribution in [0.2, 0.25) is 0 Å². The number of carbonyl (C=O) groups excluding carboxylic acids is 1. The number of anilines is 1. The number of ether oxygens (including phenoxy) is 2. The zero-order valence-electron chi connectivity index (χ0n) is 22.8. The van der Waals surface area contributed by atoms with E-state index in [2.05, 4.69) is 30.9 Å². The number of aromatic nitrogens is 4. The Bertz CT molecular complexity index is 1290. The quantitative estimate of drug-likeness (QED) is 0.506. The van der Waals surface area contributed by atoms with Gasteiger partial charge in [0.2, 0.25) is 0 Å². The molecule has 0 N–H and O–H groups in total. The van der Waals surface area contributed by atoms with E-state index in [0.717, 1.165) is 54.3 Å². The molecular weight excluding hydrogens is 468 g/mol. The largest absolute Gasteiger partial charge is 0.444 e. The molecule has 2 aliphatic heterocycles. The monoisotopic (exact) mass is 506 g/mol. The minimum Gasteiger partial charge on any atom is -0.444 e. The molecule has 0 unspecified atom stereocenters. The smallest absolute Gasteiger partial charge is 0.410 e. The number of hydrogen-bond acceptors (Lipinski definition) is 7. The van der Waals surface area contributed by atoms with Crippen molar-refractivity contribution in [3.05, 3.63) is 41.3 Å². The van der Waals surface area contributed by atoms with E-state index < -0.39 is 5.60 Å². The van der Waals surface area contributed by atoms with Crippen molar-refractivity contribution in [2.45, 2.75) is 72.0 Å². The number of rotatable bonds is 3. The Hall–Kier alpha value is -3.20. The summed E-state index contributed by atoms with van der Waals surface area (Å²) in [7, 11) is 0. The van der Waals surface area contributed by atoms with E-state index in [1.165, 1.54) is 11.1 Å². The highest BCUT2D eigenvalue weighted by Crippen LogP contribution is 2.34. The fourth-order valence-electron chi connectivity index (χ4n) is 5.36. The lowest BCUT2D eigenvalue weighted by atomic mass is 9.86. The molecule has 2 aliphatic rings. The summed E-state index contributed by atoms with van der Waals surface area (Å²) in [4.78, 5) is 26.1. The van der Waals surface area contributed by atoms with Gasteiger partial charge in [-0.3, -0.25) is 0 Å². The van der Waals surface area contributed by atoms with Crippen molar-refractivity contribution >= 4 is 22.8 Å². The number of aryl methyl sites for hydroxylation is 2. The molecular formula is C28H38N6O3.